The third kappa shape index (κ3) is 9.02. The molecule has 4 aromatic carbocycles. The Balaban J connectivity index is 1.80. The molecule has 236 valence electrons. The number of carbonyl (C=O) groups excluding carboxylic acids is 2. The first-order chi connectivity index (χ1) is 21.5. The van der Waals surface area contributed by atoms with Crippen LogP contribution in [-0.2, 0) is 32.6 Å². The summed E-state index contributed by atoms with van der Waals surface area (Å²) in [7, 11) is -4.26. The minimum absolute atomic E-state index is 0.0147. The maximum atomic E-state index is 14.5. The van der Waals surface area contributed by atoms with Gasteiger partial charge in [-0.2, -0.15) is 0 Å². The van der Waals surface area contributed by atoms with Crippen LogP contribution < -0.4 is 9.62 Å². The van der Waals surface area contributed by atoms with Crippen molar-refractivity contribution >= 4 is 43.5 Å². The molecule has 0 radical (unpaired) electrons. The van der Waals surface area contributed by atoms with Crippen LogP contribution in [-0.4, -0.2) is 43.8 Å². The molecule has 2 atom stereocenters. The SMILES string of the molecule is CC[C@H](C)NC(=O)[C@@H](Cc1ccccc1)N(Cc1cccc(Br)c1)C(=O)CN(c1ccc(F)cc1)S(=O)(=O)c1ccc(C)cc1. The number of carbonyl (C=O) groups is 2. The zero-order valence-corrected chi connectivity index (χ0v) is 27.9. The van der Waals surface area contributed by atoms with Crippen LogP contribution in [0.1, 0.15) is 37.0 Å². The molecule has 0 aliphatic carbocycles. The molecule has 10 heteroatoms. The van der Waals surface area contributed by atoms with Crippen LogP contribution in [0.3, 0.4) is 0 Å². The zero-order chi connectivity index (χ0) is 32.6. The Hall–Kier alpha value is -4.02. The van der Waals surface area contributed by atoms with Gasteiger partial charge in [0.15, 0.2) is 0 Å². The molecule has 0 saturated heterocycles. The smallest absolute Gasteiger partial charge is 0.264 e. The van der Waals surface area contributed by atoms with Crippen molar-refractivity contribution in [2.45, 2.75) is 57.1 Å². The van der Waals surface area contributed by atoms with Crippen molar-refractivity contribution in [3.63, 3.8) is 0 Å². The maximum absolute atomic E-state index is 14.5. The first kappa shape index (κ1) is 33.9. The van der Waals surface area contributed by atoms with E-state index in [-0.39, 0.29) is 35.5 Å². The lowest BCUT2D eigenvalue weighted by atomic mass is 10.0. The number of aryl methyl sites for hydroxylation is 1. The molecule has 0 aliphatic rings. The summed E-state index contributed by atoms with van der Waals surface area (Å²) in [5.74, 6) is -1.47. The third-order valence-corrected chi connectivity index (χ3v) is 9.80. The predicted molar refractivity (Wildman–Crippen MR) is 179 cm³/mol. The molecule has 0 heterocycles. The highest BCUT2D eigenvalue weighted by Crippen LogP contribution is 2.26. The average molecular weight is 695 g/mol. The van der Waals surface area contributed by atoms with E-state index in [2.05, 4.69) is 21.2 Å². The van der Waals surface area contributed by atoms with Crippen molar-refractivity contribution in [2.24, 2.45) is 0 Å². The first-order valence-electron chi connectivity index (χ1n) is 14.7. The molecule has 1 N–H and O–H groups in total. The van der Waals surface area contributed by atoms with E-state index in [0.717, 1.165) is 37.6 Å². The first-order valence-corrected chi connectivity index (χ1v) is 16.9. The van der Waals surface area contributed by atoms with Gasteiger partial charge in [-0.05, 0) is 79.9 Å². The van der Waals surface area contributed by atoms with Gasteiger partial charge < -0.3 is 10.2 Å². The monoisotopic (exact) mass is 693 g/mol. The van der Waals surface area contributed by atoms with Crippen LogP contribution in [0.5, 0.6) is 0 Å². The molecule has 0 aliphatic heterocycles. The van der Waals surface area contributed by atoms with E-state index < -0.39 is 34.3 Å². The number of halogens is 2. The van der Waals surface area contributed by atoms with Crippen LogP contribution in [0.15, 0.2) is 112 Å². The third-order valence-electron chi connectivity index (χ3n) is 7.52. The summed E-state index contributed by atoms with van der Waals surface area (Å²) >= 11 is 3.48. The molecule has 0 aromatic heterocycles. The summed E-state index contributed by atoms with van der Waals surface area (Å²) in [6.07, 6.45) is 0.903. The van der Waals surface area contributed by atoms with Crippen molar-refractivity contribution in [1.82, 2.24) is 10.2 Å². The molecule has 0 saturated carbocycles. The van der Waals surface area contributed by atoms with E-state index in [4.69, 9.17) is 0 Å². The Morgan fingerprint density at radius 3 is 2.16 bits per heavy atom. The predicted octanol–water partition coefficient (Wildman–Crippen LogP) is 6.65. The molecule has 0 bridgehead atoms. The van der Waals surface area contributed by atoms with Gasteiger partial charge in [0.25, 0.3) is 10.0 Å². The van der Waals surface area contributed by atoms with Crippen molar-refractivity contribution < 1.29 is 22.4 Å². The van der Waals surface area contributed by atoms with E-state index in [0.29, 0.717) is 6.42 Å². The quantitative estimate of drug-likeness (QED) is 0.170. The lowest BCUT2D eigenvalue weighted by Gasteiger charge is -2.34. The van der Waals surface area contributed by atoms with Crippen molar-refractivity contribution in [3.05, 3.63) is 130 Å². The number of nitrogens with one attached hydrogen (secondary N) is 1. The Labute approximate surface area is 273 Å². The van der Waals surface area contributed by atoms with Crippen LogP contribution in [0.25, 0.3) is 0 Å². The number of amides is 2. The maximum Gasteiger partial charge on any atom is 0.264 e. The van der Waals surface area contributed by atoms with E-state index in [1.54, 1.807) is 12.1 Å². The Morgan fingerprint density at radius 1 is 0.889 bits per heavy atom. The fourth-order valence-electron chi connectivity index (χ4n) is 4.80. The molecule has 7 nitrogen and oxygen atoms in total. The van der Waals surface area contributed by atoms with Gasteiger partial charge in [-0.1, -0.05) is 83.0 Å². The number of rotatable bonds is 13. The summed E-state index contributed by atoms with van der Waals surface area (Å²) in [6, 6.07) is 26.9. The second-order valence-corrected chi connectivity index (χ2v) is 13.8. The van der Waals surface area contributed by atoms with Crippen LogP contribution in [0, 0.1) is 12.7 Å². The Bertz CT molecular complexity index is 1700. The normalized spacial score (nSPS) is 12.6. The van der Waals surface area contributed by atoms with Gasteiger partial charge in [0.2, 0.25) is 11.8 Å². The minimum Gasteiger partial charge on any atom is -0.352 e. The highest BCUT2D eigenvalue weighted by molar-refractivity contribution is 9.10. The highest BCUT2D eigenvalue weighted by Gasteiger charge is 2.35. The standard InChI is InChI=1S/C35H37BrFN3O4S/c1-4-26(3)38-35(42)33(22-27-9-6-5-7-10-27)39(23-28-11-8-12-29(36)21-28)34(41)24-40(31-17-15-30(37)16-18-31)45(43,44)32-19-13-25(2)14-20-32/h5-21,26,33H,4,22-24H2,1-3H3,(H,38,42)/t26-,33+/m0/s1. The lowest BCUT2D eigenvalue weighted by Crippen LogP contribution is -2.54. The summed E-state index contributed by atoms with van der Waals surface area (Å²) in [4.78, 5) is 29.8. The highest BCUT2D eigenvalue weighted by atomic mass is 79.9. The van der Waals surface area contributed by atoms with Crippen LogP contribution in [0.2, 0.25) is 0 Å². The van der Waals surface area contributed by atoms with Gasteiger partial charge in [0.05, 0.1) is 10.6 Å². The number of sulfonamides is 1. The Morgan fingerprint density at radius 2 is 1.53 bits per heavy atom. The van der Waals surface area contributed by atoms with Crippen molar-refractivity contribution in [2.75, 3.05) is 10.8 Å². The molecule has 0 unspecified atom stereocenters. The average Bonchev–Trinajstić information content (AvgIpc) is 3.02. The zero-order valence-electron chi connectivity index (χ0n) is 25.5. The van der Waals surface area contributed by atoms with E-state index in [9.17, 15) is 22.4 Å². The number of nitrogens with zero attached hydrogens (tertiary/aromatic N) is 2. The molecular formula is C35H37BrFN3O4S. The molecular weight excluding hydrogens is 657 g/mol. The minimum atomic E-state index is -4.26. The number of anilines is 1. The lowest BCUT2D eigenvalue weighted by molar-refractivity contribution is -0.140. The number of benzene rings is 4. The fourth-order valence-corrected chi connectivity index (χ4v) is 6.66. The summed E-state index contributed by atoms with van der Waals surface area (Å²) in [5, 5.41) is 3.02. The fraction of sp³-hybridized carbons (Fsp3) is 0.257. The van der Waals surface area contributed by atoms with Gasteiger partial charge >= 0.3 is 0 Å². The summed E-state index contributed by atoms with van der Waals surface area (Å²) in [5.41, 5.74) is 2.59. The van der Waals surface area contributed by atoms with Crippen LogP contribution >= 0.6 is 15.9 Å². The number of hydrogen-bond acceptors (Lipinski definition) is 4. The van der Waals surface area contributed by atoms with E-state index in [1.807, 2.05) is 75.4 Å². The summed E-state index contributed by atoms with van der Waals surface area (Å²) < 4.78 is 43.8. The molecule has 2 amide bonds. The Kier molecular flexibility index (Phi) is 11.5. The second kappa shape index (κ2) is 15.3. The largest absolute Gasteiger partial charge is 0.352 e. The number of hydrogen-bond donors (Lipinski definition) is 1. The molecule has 0 spiro atoms. The second-order valence-electron chi connectivity index (χ2n) is 11.0. The van der Waals surface area contributed by atoms with E-state index >= 15 is 0 Å². The van der Waals surface area contributed by atoms with Crippen molar-refractivity contribution in [3.8, 4) is 0 Å². The van der Waals surface area contributed by atoms with E-state index in [1.165, 1.54) is 29.2 Å². The van der Waals surface area contributed by atoms with Crippen LogP contribution in [0.4, 0.5) is 10.1 Å². The van der Waals surface area contributed by atoms with Crippen molar-refractivity contribution in [1.29, 1.82) is 0 Å². The topological polar surface area (TPSA) is 86.8 Å². The summed E-state index contributed by atoms with van der Waals surface area (Å²) in [6.45, 7) is 5.12. The molecule has 4 aromatic rings. The van der Waals surface area contributed by atoms with Gasteiger partial charge in [-0.25, -0.2) is 12.8 Å². The van der Waals surface area contributed by atoms with Gasteiger partial charge in [0.1, 0.15) is 18.4 Å². The molecule has 45 heavy (non-hydrogen) atoms. The van der Waals surface area contributed by atoms with Gasteiger partial charge in [-0.15, -0.1) is 0 Å². The molecule has 0 fully saturated rings. The van der Waals surface area contributed by atoms with Gasteiger partial charge in [0, 0.05) is 23.5 Å². The molecule has 4 rings (SSSR count). The van der Waals surface area contributed by atoms with Gasteiger partial charge in [-0.3, -0.25) is 13.9 Å².